The molecule has 0 aliphatic heterocycles. The molecule has 2 N–H and O–H groups in total. The van der Waals surface area contributed by atoms with Gasteiger partial charge in [0.05, 0.1) is 23.3 Å². The summed E-state index contributed by atoms with van der Waals surface area (Å²) in [5, 5.41) is 10.1. The molecule has 0 radical (unpaired) electrons. The van der Waals surface area contributed by atoms with Gasteiger partial charge >= 0.3 is 0 Å². The van der Waals surface area contributed by atoms with Crippen molar-refractivity contribution in [1.82, 2.24) is 19.9 Å². The number of nitrogens with one attached hydrogen (secondary N) is 1. The summed E-state index contributed by atoms with van der Waals surface area (Å²) >= 11 is 0. The quantitative estimate of drug-likeness (QED) is 0.365. The number of hydrogen-bond donors (Lipinski definition) is 2. The number of fused-ring (bicyclic) bond motifs is 1. The van der Waals surface area contributed by atoms with E-state index < -0.39 is 6.10 Å². The third-order valence-electron chi connectivity index (χ3n) is 4.91. The van der Waals surface area contributed by atoms with E-state index >= 15 is 0 Å². The number of nitrogens with zero attached hydrogens (tertiary/aromatic N) is 3. The second-order valence-corrected chi connectivity index (χ2v) is 7.22. The summed E-state index contributed by atoms with van der Waals surface area (Å²) in [6.45, 7) is 1.70. The zero-order valence-electron chi connectivity index (χ0n) is 17.3. The van der Waals surface area contributed by atoms with Crippen LogP contribution in [0, 0.1) is 0 Å². The number of aliphatic hydroxyl groups excluding tert-OH is 1. The van der Waals surface area contributed by atoms with Crippen LogP contribution in [0.4, 0.5) is 0 Å². The van der Waals surface area contributed by atoms with E-state index in [0.717, 1.165) is 11.2 Å². The lowest BCUT2D eigenvalue weighted by atomic mass is 10.1. The van der Waals surface area contributed by atoms with Gasteiger partial charge in [-0.25, -0.2) is 4.98 Å². The van der Waals surface area contributed by atoms with Crippen LogP contribution in [0.2, 0.25) is 0 Å². The molecule has 0 bridgehead atoms. The molecule has 7 heteroatoms. The third-order valence-corrected chi connectivity index (χ3v) is 4.91. The number of pyridine rings is 2. The topological polar surface area (TPSA) is 93.2 Å². The first kappa shape index (κ1) is 19.7. The summed E-state index contributed by atoms with van der Waals surface area (Å²) < 4.78 is 12.3. The van der Waals surface area contributed by atoms with Gasteiger partial charge in [0, 0.05) is 30.1 Å². The minimum Gasteiger partial charge on any atom is -0.453 e. The number of hydrogen-bond acceptors (Lipinski definition) is 6. The van der Waals surface area contributed by atoms with E-state index in [2.05, 4.69) is 19.9 Å². The van der Waals surface area contributed by atoms with Gasteiger partial charge in [-0.2, -0.15) is 0 Å². The van der Waals surface area contributed by atoms with Crippen LogP contribution in [-0.2, 0) is 0 Å². The molecule has 0 amide bonds. The van der Waals surface area contributed by atoms with Gasteiger partial charge in [-0.05, 0) is 37.3 Å². The van der Waals surface area contributed by atoms with Gasteiger partial charge in [-0.15, -0.1) is 0 Å². The molecule has 5 rings (SSSR count). The van der Waals surface area contributed by atoms with Crippen molar-refractivity contribution in [2.24, 2.45) is 0 Å². The number of benzene rings is 2. The Morgan fingerprint density at radius 2 is 1.72 bits per heavy atom. The van der Waals surface area contributed by atoms with Crippen LogP contribution in [0.3, 0.4) is 0 Å². The fraction of sp³-hybridized carbons (Fsp3) is 0.0800. The molecule has 0 aliphatic rings. The zero-order chi connectivity index (χ0) is 21.9. The lowest BCUT2D eigenvalue weighted by molar-refractivity contribution is 0.195. The molecule has 158 valence electrons. The molecule has 7 nitrogen and oxygen atoms in total. The summed E-state index contributed by atoms with van der Waals surface area (Å²) in [5.74, 6) is 2.72. The Balaban J connectivity index is 1.61. The number of H-pyrrole nitrogens is 1. The number of ether oxygens (including phenoxy) is 2. The highest BCUT2D eigenvalue weighted by atomic mass is 16.5. The van der Waals surface area contributed by atoms with Crippen molar-refractivity contribution in [3.8, 4) is 34.5 Å². The molecule has 1 unspecified atom stereocenters. The van der Waals surface area contributed by atoms with E-state index in [0.29, 0.717) is 39.9 Å². The van der Waals surface area contributed by atoms with Gasteiger partial charge in [0.15, 0.2) is 17.3 Å². The van der Waals surface area contributed by atoms with E-state index in [1.165, 1.54) is 0 Å². The van der Waals surface area contributed by atoms with Crippen molar-refractivity contribution in [2.75, 3.05) is 0 Å². The number of aromatic amines is 1. The molecular formula is C25H20N4O3. The Morgan fingerprint density at radius 3 is 2.50 bits per heavy atom. The van der Waals surface area contributed by atoms with Gasteiger partial charge in [0.1, 0.15) is 17.2 Å². The van der Waals surface area contributed by atoms with E-state index in [1.54, 1.807) is 31.6 Å². The van der Waals surface area contributed by atoms with Crippen molar-refractivity contribution >= 4 is 11.0 Å². The predicted octanol–water partition coefficient (Wildman–Crippen LogP) is 5.66. The highest BCUT2D eigenvalue weighted by Crippen LogP contribution is 2.39. The van der Waals surface area contributed by atoms with E-state index in [4.69, 9.17) is 9.47 Å². The fourth-order valence-corrected chi connectivity index (χ4v) is 3.37. The average Bonchev–Trinajstić information content (AvgIpc) is 3.23. The van der Waals surface area contributed by atoms with Crippen LogP contribution in [0.15, 0.2) is 85.3 Å². The number of aromatic nitrogens is 4. The summed E-state index contributed by atoms with van der Waals surface area (Å²) in [4.78, 5) is 16.4. The van der Waals surface area contributed by atoms with Crippen LogP contribution in [-0.4, -0.2) is 25.0 Å². The Morgan fingerprint density at radius 1 is 0.875 bits per heavy atom. The van der Waals surface area contributed by atoms with E-state index in [1.807, 2.05) is 60.7 Å². The van der Waals surface area contributed by atoms with Gasteiger partial charge in [-0.3, -0.25) is 9.97 Å². The lowest BCUT2D eigenvalue weighted by Gasteiger charge is -2.16. The third kappa shape index (κ3) is 4.01. The highest BCUT2D eigenvalue weighted by molar-refractivity contribution is 5.83. The summed E-state index contributed by atoms with van der Waals surface area (Å²) in [6, 6.07) is 20.3. The van der Waals surface area contributed by atoms with E-state index in [-0.39, 0.29) is 0 Å². The zero-order valence-corrected chi connectivity index (χ0v) is 17.3. The van der Waals surface area contributed by atoms with Crippen molar-refractivity contribution < 1.29 is 14.6 Å². The van der Waals surface area contributed by atoms with Gasteiger partial charge in [-0.1, -0.05) is 24.3 Å². The first-order chi connectivity index (χ1) is 15.7. The fourth-order valence-electron chi connectivity index (χ4n) is 3.37. The molecule has 32 heavy (non-hydrogen) atoms. The number of imidazole rings is 1. The molecule has 1 atom stereocenters. The smallest absolute Gasteiger partial charge is 0.172 e. The number of rotatable bonds is 6. The SMILES string of the molecule is CC(O)c1ccccc1Oc1cc2nc(-c3ccccn3)[nH]c2cc1Oc1cccnc1. The normalized spacial score (nSPS) is 11.9. The molecule has 3 aromatic heterocycles. The van der Waals surface area contributed by atoms with Gasteiger partial charge in [0.25, 0.3) is 0 Å². The van der Waals surface area contributed by atoms with E-state index in [9.17, 15) is 5.11 Å². The van der Waals surface area contributed by atoms with Crippen molar-refractivity contribution in [2.45, 2.75) is 13.0 Å². The predicted molar refractivity (Wildman–Crippen MR) is 121 cm³/mol. The second kappa shape index (κ2) is 8.49. The van der Waals surface area contributed by atoms with Crippen LogP contribution in [0.5, 0.6) is 23.0 Å². The highest BCUT2D eigenvalue weighted by Gasteiger charge is 2.17. The summed E-state index contributed by atoms with van der Waals surface area (Å²) in [6.07, 6.45) is 4.35. The number of aliphatic hydroxyl groups is 1. The average molecular weight is 424 g/mol. The summed E-state index contributed by atoms with van der Waals surface area (Å²) in [7, 11) is 0. The maximum absolute atomic E-state index is 10.1. The standard InChI is InChI=1S/C25H20N4O3/c1-16(30)18-8-2-3-10-22(18)32-24-14-21-20(13-23(24)31-17-7-6-11-26-15-17)28-25(29-21)19-9-4-5-12-27-19/h2-16,30H,1H3,(H,28,29). The van der Waals surface area contributed by atoms with Gasteiger partial charge in [0.2, 0.25) is 0 Å². The minimum absolute atomic E-state index is 0.466. The van der Waals surface area contributed by atoms with Crippen LogP contribution in [0.25, 0.3) is 22.6 Å². The molecule has 5 aromatic rings. The molecule has 0 saturated heterocycles. The van der Waals surface area contributed by atoms with Crippen LogP contribution in [0.1, 0.15) is 18.6 Å². The Labute approximate surface area is 184 Å². The van der Waals surface area contributed by atoms with Crippen LogP contribution < -0.4 is 9.47 Å². The number of para-hydroxylation sites is 1. The van der Waals surface area contributed by atoms with Crippen LogP contribution >= 0.6 is 0 Å². The maximum atomic E-state index is 10.1. The Hall–Kier alpha value is -4.23. The minimum atomic E-state index is -0.682. The first-order valence-corrected chi connectivity index (χ1v) is 10.2. The molecule has 2 aromatic carbocycles. The molecule has 0 fully saturated rings. The van der Waals surface area contributed by atoms with Gasteiger partial charge < -0.3 is 19.6 Å². The van der Waals surface area contributed by atoms with Crippen molar-refractivity contribution in [3.05, 3.63) is 90.9 Å². The van der Waals surface area contributed by atoms with Crippen molar-refractivity contribution in [1.29, 1.82) is 0 Å². The summed E-state index contributed by atoms with van der Waals surface area (Å²) in [5.41, 5.74) is 2.89. The van der Waals surface area contributed by atoms with Crippen molar-refractivity contribution in [3.63, 3.8) is 0 Å². The Bertz CT molecular complexity index is 1350. The largest absolute Gasteiger partial charge is 0.453 e. The first-order valence-electron chi connectivity index (χ1n) is 10.2. The molecule has 0 aliphatic carbocycles. The Kier molecular flexibility index (Phi) is 5.23. The second-order valence-electron chi connectivity index (χ2n) is 7.22. The lowest BCUT2D eigenvalue weighted by Crippen LogP contribution is -1.97. The molecule has 0 saturated carbocycles. The maximum Gasteiger partial charge on any atom is 0.172 e. The molecule has 3 heterocycles. The molecule has 0 spiro atoms. The monoisotopic (exact) mass is 424 g/mol. The molecular weight excluding hydrogens is 404 g/mol.